The van der Waals surface area contributed by atoms with Crippen LogP contribution in [0.2, 0.25) is 0 Å². The molecule has 2 fully saturated rings. The highest BCUT2D eigenvalue weighted by Crippen LogP contribution is 2.32. The molecule has 3 atom stereocenters. The Labute approximate surface area is 146 Å². The third-order valence-corrected chi connectivity index (χ3v) is 5.09. The number of ether oxygens (including phenoxy) is 1. The van der Waals surface area contributed by atoms with Gasteiger partial charge in [0.25, 0.3) is 5.91 Å². The van der Waals surface area contributed by atoms with Gasteiger partial charge in [-0.25, -0.2) is 4.98 Å². The Morgan fingerprint density at radius 1 is 1.44 bits per heavy atom. The van der Waals surface area contributed by atoms with Crippen LogP contribution < -0.4 is 0 Å². The highest BCUT2D eigenvalue weighted by Gasteiger charge is 2.47. The molecule has 0 aromatic carbocycles. The number of nitrogens with zero attached hydrogens (tertiary/aromatic N) is 4. The fraction of sp³-hybridized carbons (Fsp3) is 0.500. The van der Waals surface area contributed by atoms with Crippen LogP contribution in [0.25, 0.3) is 0 Å². The molecule has 7 heteroatoms. The molecule has 4 heterocycles. The molecular weight excluding hydrogens is 320 g/mol. The van der Waals surface area contributed by atoms with E-state index in [1.54, 1.807) is 18.7 Å². The van der Waals surface area contributed by atoms with Gasteiger partial charge in [-0.15, -0.1) is 0 Å². The van der Waals surface area contributed by atoms with Crippen LogP contribution in [0.1, 0.15) is 29.1 Å². The molecule has 0 spiro atoms. The lowest BCUT2D eigenvalue weighted by molar-refractivity contribution is -0.0364. The maximum Gasteiger partial charge on any atom is 0.274 e. The average Bonchev–Trinajstić information content (AvgIpc) is 3.29. The molecule has 2 saturated heterocycles. The Morgan fingerprint density at radius 2 is 2.36 bits per heavy atom. The summed E-state index contributed by atoms with van der Waals surface area (Å²) in [5, 5.41) is 0. The van der Waals surface area contributed by atoms with E-state index < -0.39 is 0 Å². The first kappa shape index (κ1) is 16.2. The molecule has 0 unspecified atom stereocenters. The van der Waals surface area contributed by atoms with E-state index in [1.807, 2.05) is 17.0 Å². The summed E-state index contributed by atoms with van der Waals surface area (Å²) in [4.78, 5) is 25.2. The Kier molecular flexibility index (Phi) is 4.50. The van der Waals surface area contributed by atoms with Gasteiger partial charge in [0.15, 0.2) is 0 Å². The lowest BCUT2D eigenvalue weighted by Gasteiger charge is -2.34. The Hall–Kier alpha value is -2.25. The van der Waals surface area contributed by atoms with Crippen LogP contribution in [0.5, 0.6) is 0 Å². The molecule has 25 heavy (non-hydrogen) atoms. The van der Waals surface area contributed by atoms with Gasteiger partial charge in [-0.1, -0.05) is 0 Å². The lowest BCUT2D eigenvalue weighted by atomic mass is 10.00. The van der Waals surface area contributed by atoms with Crippen molar-refractivity contribution in [3.05, 3.63) is 48.4 Å². The van der Waals surface area contributed by atoms with Crippen LogP contribution in [0, 0.1) is 0 Å². The molecule has 0 bridgehead atoms. The van der Waals surface area contributed by atoms with Crippen LogP contribution in [-0.2, 0) is 11.3 Å². The van der Waals surface area contributed by atoms with E-state index in [9.17, 15) is 4.79 Å². The number of carbonyl (C=O) groups excluding carboxylic acids is 1. The first-order chi connectivity index (χ1) is 12.2. The average molecular weight is 342 g/mol. The minimum Gasteiger partial charge on any atom is -0.468 e. The minimum atomic E-state index is -0.0671. The number of hydrogen-bond donors (Lipinski definition) is 0. The number of aromatic nitrogens is 2. The molecule has 0 aliphatic carbocycles. The highest BCUT2D eigenvalue weighted by atomic mass is 16.5. The first-order valence-electron chi connectivity index (χ1n) is 8.65. The van der Waals surface area contributed by atoms with E-state index in [0.717, 1.165) is 25.2 Å². The predicted octanol–water partition coefficient (Wildman–Crippen LogP) is 1.57. The van der Waals surface area contributed by atoms with Crippen LogP contribution in [0.4, 0.5) is 0 Å². The summed E-state index contributed by atoms with van der Waals surface area (Å²) in [5.41, 5.74) is 0.390. The van der Waals surface area contributed by atoms with Crippen molar-refractivity contribution in [2.24, 2.45) is 0 Å². The van der Waals surface area contributed by atoms with Crippen molar-refractivity contribution in [3.8, 4) is 0 Å². The molecule has 0 radical (unpaired) electrons. The number of hydrogen-bond acceptors (Lipinski definition) is 6. The summed E-state index contributed by atoms with van der Waals surface area (Å²) in [5.74, 6) is 0.844. The molecule has 2 aromatic heterocycles. The second-order valence-corrected chi connectivity index (χ2v) is 6.65. The zero-order valence-corrected chi connectivity index (χ0v) is 14.2. The van der Waals surface area contributed by atoms with E-state index in [0.29, 0.717) is 18.8 Å². The smallest absolute Gasteiger partial charge is 0.274 e. The van der Waals surface area contributed by atoms with Crippen molar-refractivity contribution in [1.82, 2.24) is 19.8 Å². The molecule has 1 amide bonds. The number of amides is 1. The van der Waals surface area contributed by atoms with Crippen molar-refractivity contribution < 1.29 is 13.9 Å². The van der Waals surface area contributed by atoms with Crippen LogP contribution in [0.3, 0.4) is 0 Å². The van der Waals surface area contributed by atoms with E-state index in [4.69, 9.17) is 9.15 Å². The molecule has 2 aromatic rings. The van der Waals surface area contributed by atoms with Gasteiger partial charge in [-0.3, -0.25) is 14.7 Å². The Morgan fingerprint density at radius 3 is 3.12 bits per heavy atom. The highest BCUT2D eigenvalue weighted by molar-refractivity contribution is 5.92. The zero-order chi connectivity index (χ0) is 17.2. The topological polar surface area (TPSA) is 71.7 Å². The fourth-order valence-electron chi connectivity index (χ4n) is 3.87. The number of likely N-dealkylation sites (tertiary alicyclic amines) is 1. The predicted molar refractivity (Wildman–Crippen MR) is 89.8 cm³/mol. The number of furan rings is 1. The summed E-state index contributed by atoms with van der Waals surface area (Å²) in [6.07, 6.45) is 8.30. The van der Waals surface area contributed by atoms with Gasteiger partial charge in [0, 0.05) is 25.5 Å². The van der Waals surface area contributed by atoms with Gasteiger partial charge in [-0.2, -0.15) is 0 Å². The van der Waals surface area contributed by atoms with Crippen molar-refractivity contribution in [2.45, 2.75) is 37.6 Å². The Balaban J connectivity index is 1.54. The third kappa shape index (κ3) is 3.17. The SMILES string of the molecule is CN(Cc1ccco1)[C@@H]1CN(C(=O)c2cnccn2)[C@@H]2CCCO[C@H]12. The van der Waals surface area contributed by atoms with Crippen LogP contribution >= 0.6 is 0 Å². The number of fused-ring (bicyclic) bond motifs is 1. The van der Waals surface area contributed by atoms with Crippen molar-refractivity contribution in [2.75, 3.05) is 20.2 Å². The van der Waals surface area contributed by atoms with E-state index in [1.165, 1.54) is 6.20 Å². The molecule has 132 valence electrons. The van der Waals surface area contributed by atoms with Crippen LogP contribution in [0.15, 0.2) is 41.4 Å². The molecule has 4 rings (SSSR count). The zero-order valence-electron chi connectivity index (χ0n) is 14.2. The maximum atomic E-state index is 12.9. The molecule has 2 aliphatic heterocycles. The summed E-state index contributed by atoms with van der Waals surface area (Å²) < 4.78 is 11.5. The van der Waals surface area contributed by atoms with Crippen molar-refractivity contribution >= 4 is 5.91 Å². The molecule has 0 saturated carbocycles. The minimum absolute atomic E-state index is 0.0225. The number of rotatable bonds is 4. The second kappa shape index (κ2) is 6.93. The summed E-state index contributed by atoms with van der Waals surface area (Å²) in [7, 11) is 2.05. The summed E-state index contributed by atoms with van der Waals surface area (Å²) >= 11 is 0. The quantitative estimate of drug-likeness (QED) is 0.840. The van der Waals surface area contributed by atoms with E-state index in [2.05, 4.69) is 21.9 Å². The van der Waals surface area contributed by atoms with Crippen molar-refractivity contribution in [1.29, 1.82) is 0 Å². The van der Waals surface area contributed by atoms with Gasteiger partial charge in [0.1, 0.15) is 11.5 Å². The number of likely N-dealkylation sites (N-methyl/N-ethyl adjacent to an activating group) is 1. The summed E-state index contributed by atoms with van der Waals surface area (Å²) in [6.45, 7) is 2.07. The maximum absolute atomic E-state index is 12.9. The second-order valence-electron chi connectivity index (χ2n) is 6.65. The molecule has 7 nitrogen and oxygen atoms in total. The van der Waals surface area contributed by atoms with E-state index >= 15 is 0 Å². The van der Waals surface area contributed by atoms with Crippen LogP contribution in [-0.4, -0.2) is 64.1 Å². The summed E-state index contributed by atoms with van der Waals surface area (Å²) in [6, 6.07) is 4.08. The van der Waals surface area contributed by atoms with Gasteiger partial charge in [0.05, 0.1) is 37.2 Å². The van der Waals surface area contributed by atoms with Gasteiger partial charge in [-0.05, 0) is 32.0 Å². The van der Waals surface area contributed by atoms with Crippen molar-refractivity contribution in [3.63, 3.8) is 0 Å². The normalized spacial score (nSPS) is 26.0. The van der Waals surface area contributed by atoms with E-state index in [-0.39, 0.29) is 24.1 Å². The van der Waals surface area contributed by atoms with Gasteiger partial charge >= 0.3 is 0 Å². The lowest BCUT2D eigenvalue weighted by Crippen LogP contribution is -2.46. The van der Waals surface area contributed by atoms with Gasteiger partial charge in [0.2, 0.25) is 0 Å². The molecule has 2 aliphatic rings. The standard InChI is InChI=1S/C18H22N4O3/c1-21(11-13-4-2-8-24-13)16-12-22(15-5-3-9-25-17(15)16)18(23)14-10-19-6-7-20-14/h2,4,6-8,10,15-17H,3,5,9,11-12H2,1H3/t15-,16-,17+/m1/s1. The molecule has 0 N–H and O–H groups in total. The molecular formula is C18H22N4O3. The third-order valence-electron chi connectivity index (χ3n) is 5.09. The largest absolute Gasteiger partial charge is 0.468 e. The Bertz CT molecular complexity index is 706. The monoisotopic (exact) mass is 342 g/mol. The number of carbonyl (C=O) groups is 1. The first-order valence-corrected chi connectivity index (χ1v) is 8.65. The fourth-order valence-corrected chi connectivity index (χ4v) is 3.87. The van der Waals surface area contributed by atoms with Gasteiger partial charge < -0.3 is 14.1 Å².